The third-order valence-corrected chi connectivity index (χ3v) is 4.94. The zero-order chi connectivity index (χ0) is 12.6. The Morgan fingerprint density at radius 2 is 2.22 bits per heavy atom. The van der Waals surface area contributed by atoms with Crippen molar-refractivity contribution in [2.24, 2.45) is 5.41 Å². The molecule has 0 bridgehead atoms. The number of fused-ring (bicyclic) bond motifs is 1. The van der Waals surface area contributed by atoms with Crippen molar-refractivity contribution in [3.05, 3.63) is 29.8 Å². The van der Waals surface area contributed by atoms with Crippen LogP contribution in [0.5, 0.6) is 0 Å². The number of rotatable bonds is 3. The maximum Gasteiger partial charge on any atom is 0.0402 e. The minimum absolute atomic E-state index is 0.492. The van der Waals surface area contributed by atoms with E-state index in [1.165, 1.54) is 50.1 Å². The highest BCUT2D eigenvalue weighted by Crippen LogP contribution is 2.38. The van der Waals surface area contributed by atoms with Gasteiger partial charge in [-0.2, -0.15) is 0 Å². The molecule has 0 aliphatic carbocycles. The number of benzene rings is 1. The van der Waals surface area contributed by atoms with Crippen molar-refractivity contribution >= 4 is 5.69 Å². The summed E-state index contributed by atoms with van der Waals surface area (Å²) in [5, 5.41) is 3.55. The Kier molecular flexibility index (Phi) is 3.06. The molecule has 2 unspecified atom stereocenters. The predicted octanol–water partition coefficient (Wildman–Crippen LogP) is 2.83. The quantitative estimate of drug-likeness (QED) is 0.879. The molecule has 0 saturated carbocycles. The molecule has 2 heterocycles. The number of anilines is 1. The van der Waals surface area contributed by atoms with Crippen LogP contribution in [-0.4, -0.2) is 25.7 Å². The number of hydrogen-bond acceptors (Lipinski definition) is 2. The van der Waals surface area contributed by atoms with Gasteiger partial charge in [0, 0.05) is 30.2 Å². The molecule has 2 atom stereocenters. The number of nitrogens with one attached hydrogen (secondary N) is 1. The Morgan fingerprint density at radius 3 is 2.94 bits per heavy atom. The van der Waals surface area contributed by atoms with Crippen molar-refractivity contribution < 1.29 is 0 Å². The molecule has 2 aliphatic heterocycles. The molecule has 2 nitrogen and oxygen atoms in total. The highest BCUT2D eigenvalue weighted by molar-refractivity contribution is 5.59. The highest BCUT2D eigenvalue weighted by atomic mass is 15.2. The van der Waals surface area contributed by atoms with Crippen LogP contribution in [0.25, 0.3) is 0 Å². The minimum atomic E-state index is 0.492. The van der Waals surface area contributed by atoms with E-state index in [9.17, 15) is 0 Å². The van der Waals surface area contributed by atoms with Gasteiger partial charge in [-0.05, 0) is 44.4 Å². The molecule has 0 spiro atoms. The molecule has 1 aromatic carbocycles. The molecule has 0 aromatic heterocycles. The van der Waals surface area contributed by atoms with Crippen LogP contribution in [0.15, 0.2) is 24.3 Å². The second kappa shape index (κ2) is 4.58. The van der Waals surface area contributed by atoms with E-state index in [1.54, 1.807) is 0 Å². The summed E-state index contributed by atoms with van der Waals surface area (Å²) >= 11 is 0. The molecular formula is C16H24N2. The molecule has 18 heavy (non-hydrogen) atoms. The Bertz CT molecular complexity index is 421. The lowest BCUT2D eigenvalue weighted by molar-refractivity contribution is 0.307. The molecule has 1 aromatic rings. The van der Waals surface area contributed by atoms with E-state index in [1.807, 2.05) is 0 Å². The first-order valence-electron chi connectivity index (χ1n) is 7.29. The summed E-state index contributed by atoms with van der Waals surface area (Å²) in [5.41, 5.74) is 3.50. The summed E-state index contributed by atoms with van der Waals surface area (Å²) in [6, 6.07) is 9.59. The molecular weight excluding hydrogens is 220 g/mol. The first-order valence-corrected chi connectivity index (χ1v) is 7.29. The number of para-hydroxylation sites is 1. The fraction of sp³-hybridized carbons (Fsp3) is 0.625. The van der Waals surface area contributed by atoms with Crippen LogP contribution < -0.4 is 10.2 Å². The maximum atomic E-state index is 3.55. The van der Waals surface area contributed by atoms with Crippen LogP contribution in [-0.2, 0) is 6.42 Å². The van der Waals surface area contributed by atoms with Crippen LogP contribution in [0.3, 0.4) is 0 Å². The van der Waals surface area contributed by atoms with Gasteiger partial charge < -0.3 is 10.2 Å². The number of hydrogen-bond donors (Lipinski definition) is 1. The Morgan fingerprint density at radius 1 is 1.39 bits per heavy atom. The van der Waals surface area contributed by atoms with E-state index in [0.717, 1.165) is 0 Å². The molecule has 2 heteroatoms. The normalized spacial score (nSPS) is 30.8. The lowest BCUT2D eigenvalue weighted by atomic mass is 9.83. The third-order valence-electron chi connectivity index (χ3n) is 4.94. The summed E-state index contributed by atoms with van der Waals surface area (Å²) in [6.45, 7) is 8.31. The fourth-order valence-corrected chi connectivity index (χ4v) is 3.58. The summed E-state index contributed by atoms with van der Waals surface area (Å²) < 4.78 is 0. The van der Waals surface area contributed by atoms with Gasteiger partial charge >= 0.3 is 0 Å². The van der Waals surface area contributed by atoms with Crippen LogP contribution in [0.1, 0.15) is 32.3 Å². The van der Waals surface area contributed by atoms with Crippen molar-refractivity contribution in [1.29, 1.82) is 0 Å². The van der Waals surface area contributed by atoms with Crippen LogP contribution in [0, 0.1) is 5.41 Å². The molecule has 1 fully saturated rings. The topological polar surface area (TPSA) is 15.3 Å². The standard InChI is InChI=1S/C16H24N2/c1-3-16(8-9-17-11-16)12-18-13(2)10-14-6-4-5-7-15(14)18/h4-7,13,17H,3,8-12H2,1-2H3. The van der Waals surface area contributed by atoms with Crippen molar-refractivity contribution in [2.75, 3.05) is 24.5 Å². The van der Waals surface area contributed by atoms with Gasteiger partial charge in [-0.25, -0.2) is 0 Å². The Labute approximate surface area is 110 Å². The van der Waals surface area contributed by atoms with Crippen molar-refractivity contribution in [2.45, 2.75) is 39.2 Å². The van der Waals surface area contributed by atoms with E-state index < -0.39 is 0 Å². The first kappa shape index (κ1) is 12.0. The molecule has 98 valence electrons. The average Bonchev–Trinajstić information content (AvgIpc) is 2.97. The lowest BCUT2D eigenvalue weighted by Crippen LogP contribution is -2.41. The second-order valence-electron chi connectivity index (χ2n) is 6.09. The second-order valence-corrected chi connectivity index (χ2v) is 6.09. The van der Waals surface area contributed by atoms with Gasteiger partial charge in [-0.15, -0.1) is 0 Å². The zero-order valence-corrected chi connectivity index (χ0v) is 11.6. The SMILES string of the molecule is CCC1(CN2c3ccccc3CC2C)CCNC1. The molecule has 1 N–H and O–H groups in total. The van der Waals surface area contributed by atoms with Crippen LogP contribution in [0.2, 0.25) is 0 Å². The Balaban J connectivity index is 1.84. The van der Waals surface area contributed by atoms with E-state index in [0.29, 0.717) is 11.5 Å². The summed E-state index contributed by atoms with van der Waals surface area (Å²) in [5.74, 6) is 0. The summed E-state index contributed by atoms with van der Waals surface area (Å²) in [6.07, 6.45) is 3.82. The van der Waals surface area contributed by atoms with Gasteiger partial charge in [0.25, 0.3) is 0 Å². The summed E-state index contributed by atoms with van der Waals surface area (Å²) in [7, 11) is 0. The van der Waals surface area contributed by atoms with Gasteiger partial charge in [0.05, 0.1) is 0 Å². The largest absolute Gasteiger partial charge is 0.368 e. The smallest absolute Gasteiger partial charge is 0.0402 e. The maximum absolute atomic E-state index is 3.55. The lowest BCUT2D eigenvalue weighted by Gasteiger charge is -2.36. The molecule has 0 amide bonds. The average molecular weight is 244 g/mol. The van der Waals surface area contributed by atoms with E-state index >= 15 is 0 Å². The molecule has 3 rings (SSSR count). The molecule has 0 radical (unpaired) electrons. The predicted molar refractivity (Wildman–Crippen MR) is 77.2 cm³/mol. The fourth-order valence-electron chi connectivity index (χ4n) is 3.58. The monoisotopic (exact) mass is 244 g/mol. The first-order chi connectivity index (χ1) is 8.74. The van der Waals surface area contributed by atoms with E-state index in [4.69, 9.17) is 0 Å². The van der Waals surface area contributed by atoms with Gasteiger partial charge in [-0.3, -0.25) is 0 Å². The van der Waals surface area contributed by atoms with Gasteiger partial charge in [0.2, 0.25) is 0 Å². The molecule has 1 saturated heterocycles. The van der Waals surface area contributed by atoms with Crippen molar-refractivity contribution in [3.8, 4) is 0 Å². The highest BCUT2D eigenvalue weighted by Gasteiger charge is 2.37. The minimum Gasteiger partial charge on any atom is -0.368 e. The molecule has 2 aliphatic rings. The van der Waals surface area contributed by atoms with E-state index in [-0.39, 0.29) is 0 Å². The zero-order valence-electron chi connectivity index (χ0n) is 11.6. The van der Waals surface area contributed by atoms with Crippen LogP contribution >= 0.6 is 0 Å². The summed E-state index contributed by atoms with van der Waals surface area (Å²) in [4.78, 5) is 2.64. The van der Waals surface area contributed by atoms with Crippen molar-refractivity contribution in [3.63, 3.8) is 0 Å². The number of nitrogens with zero attached hydrogens (tertiary/aromatic N) is 1. The Hall–Kier alpha value is -1.02. The third kappa shape index (κ3) is 1.93. The van der Waals surface area contributed by atoms with Gasteiger partial charge in [-0.1, -0.05) is 25.1 Å². The van der Waals surface area contributed by atoms with E-state index in [2.05, 4.69) is 48.3 Å². The van der Waals surface area contributed by atoms with Gasteiger partial charge in [0.1, 0.15) is 0 Å². The van der Waals surface area contributed by atoms with Crippen molar-refractivity contribution in [1.82, 2.24) is 5.32 Å². The van der Waals surface area contributed by atoms with Gasteiger partial charge in [0.15, 0.2) is 0 Å². The van der Waals surface area contributed by atoms with Crippen LogP contribution in [0.4, 0.5) is 5.69 Å².